The van der Waals surface area contributed by atoms with Crippen LogP contribution < -0.4 is 4.74 Å². The van der Waals surface area contributed by atoms with Crippen molar-refractivity contribution >= 4 is 11.9 Å². The molecule has 0 aliphatic carbocycles. The third kappa shape index (κ3) is 2.20. The van der Waals surface area contributed by atoms with E-state index in [4.69, 9.17) is 14.2 Å². The third-order valence-electron chi connectivity index (χ3n) is 5.67. The van der Waals surface area contributed by atoms with Crippen LogP contribution in [0.2, 0.25) is 0 Å². The maximum absolute atomic E-state index is 13.1. The van der Waals surface area contributed by atoms with E-state index in [1.165, 1.54) is 7.11 Å². The Morgan fingerprint density at radius 2 is 2.04 bits per heavy atom. The highest BCUT2D eigenvalue weighted by molar-refractivity contribution is 5.91. The number of likely N-dealkylation sites (tertiary alicyclic amines) is 1. The van der Waals surface area contributed by atoms with Gasteiger partial charge in [0.15, 0.2) is 0 Å². The molecule has 3 aliphatic rings. The predicted octanol–water partition coefficient (Wildman–Crippen LogP) is 1.71. The lowest BCUT2D eigenvalue weighted by atomic mass is 9.77. The standard InChI is InChI=1S/C19H21NO5/c1-11(12-4-6-13(23-2)7-5-12)20-10-19-9-8-14(25-19)15(18(22)24-3)16(19)17(20)21/h4-9,11,14-16H,10H2,1-3H3/t11-,14-,15-,16-,19+/m1/s1. The summed E-state index contributed by atoms with van der Waals surface area (Å²) in [5.74, 6) is -0.722. The van der Waals surface area contributed by atoms with Gasteiger partial charge in [0.2, 0.25) is 5.91 Å². The molecule has 1 aromatic carbocycles. The Kier molecular flexibility index (Phi) is 3.61. The van der Waals surface area contributed by atoms with E-state index in [0.717, 1.165) is 11.3 Å². The molecule has 132 valence electrons. The normalized spacial score (nSPS) is 33.5. The second kappa shape index (κ2) is 5.59. The Labute approximate surface area is 146 Å². The number of carbonyl (C=O) groups excluding carboxylic acids is 2. The van der Waals surface area contributed by atoms with Crippen LogP contribution in [0.5, 0.6) is 5.75 Å². The molecule has 0 radical (unpaired) electrons. The molecule has 1 amide bonds. The van der Waals surface area contributed by atoms with E-state index in [0.29, 0.717) is 6.54 Å². The monoisotopic (exact) mass is 343 g/mol. The van der Waals surface area contributed by atoms with Crippen LogP contribution in [0.1, 0.15) is 18.5 Å². The van der Waals surface area contributed by atoms with E-state index in [-0.39, 0.29) is 24.0 Å². The van der Waals surface area contributed by atoms with E-state index in [1.807, 2.05) is 43.3 Å². The molecule has 5 atom stereocenters. The van der Waals surface area contributed by atoms with Crippen molar-refractivity contribution in [2.45, 2.75) is 24.7 Å². The molecule has 6 heteroatoms. The molecular formula is C19H21NO5. The molecule has 1 aromatic rings. The van der Waals surface area contributed by atoms with Crippen LogP contribution in [0.3, 0.4) is 0 Å². The van der Waals surface area contributed by atoms with Crippen LogP contribution in [0.4, 0.5) is 0 Å². The SMILES string of the molecule is COC(=O)[C@@H]1[C@H]2C=C[C@@]3(CN([C@H](C)c4ccc(OC)cc4)C(=O)[C@@H]13)O2. The first-order valence-electron chi connectivity index (χ1n) is 8.40. The van der Waals surface area contributed by atoms with Crippen molar-refractivity contribution in [3.05, 3.63) is 42.0 Å². The van der Waals surface area contributed by atoms with Gasteiger partial charge in [0, 0.05) is 0 Å². The first kappa shape index (κ1) is 16.1. The number of ether oxygens (including phenoxy) is 3. The summed E-state index contributed by atoms with van der Waals surface area (Å²) < 4.78 is 16.1. The van der Waals surface area contributed by atoms with Gasteiger partial charge in [-0.3, -0.25) is 9.59 Å². The lowest BCUT2D eigenvalue weighted by molar-refractivity contribution is -0.151. The minimum absolute atomic E-state index is 0.0504. The number of hydrogen-bond donors (Lipinski definition) is 0. The van der Waals surface area contributed by atoms with E-state index < -0.39 is 17.4 Å². The number of methoxy groups -OCH3 is 2. The predicted molar refractivity (Wildman–Crippen MR) is 88.9 cm³/mol. The topological polar surface area (TPSA) is 65.1 Å². The Balaban J connectivity index is 1.62. The van der Waals surface area contributed by atoms with Crippen LogP contribution in [-0.2, 0) is 19.1 Å². The van der Waals surface area contributed by atoms with Gasteiger partial charge >= 0.3 is 5.97 Å². The number of benzene rings is 1. The lowest BCUT2D eigenvalue weighted by Gasteiger charge is -2.27. The van der Waals surface area contributed by atoms with Crippen molar-refractivity contribution in [3.8, 4) is 5.75 Å². The van der Waals surface area contributed by atoms with E-state index in [9.17, 15) is 9.59 Å². The molecule has 1 spiro atoms. The Morgan fingerprint density at radius 3 is 2.68 bits per heavy atom. The van der Waals surface area contributed by atoms with Crippen molar-refractivity contribution < 1.29 is 23.8 Å². The maximum Gasteiger partial charge on any atom is 0.312 e. The van der Waals surface area contributed by atoms with Gasteiger partial charge in [-0.25, -0.2) is 0 Å². The van der Waals surface area contributed by atoms with Crippen LogP contribution in [-0.4, -0.2) is 49.2 Å². The summed E-state index contributed by atoms with van der Waals surface area (Å²) in [4.78, 5) is 27.1. The Hall–Kier alpha value is -2.34. The number of hydrogen-bond acceptors (Lipinski definition) is 5. The van der Waals surface area contributed by atoms with Crippen LogP contribution in [0, 0.1) is 11.8 Å². The minimum Gasteiger partial charge on any atom is -0.497 e. The fraction of sp³-hybridized carbons (Fsp3) is 0.474. The number of fused-ring (bicyclic) bond motifs is 1. The van der Waals surface area contributed by atoms with Gasteiger partial charge in [-0.15, -0.1) is 0 Å². The van der Waals surface area contributed by atoms with Crippen molar-refractivity contribution in [2.24, 2.45) is 11.8 Å². The highest BCUT2D eigenvalue weighted by Gasteiger charge is 2.67. The summed E-state index contributed by atoms with van der Waals surface area (Å²) in [6.45, 7) is 2.44. The van der Waals surface area contributed by atoms with Gasteiger partial charge in [0.05, 0.1) is 38.8 Å². The molecule has 0 unspecified atom stereocenters. The van der Waals surface area contributed by atoms with Gasteiger partial charge in [-0.05, 0) is 24.6 Å². The number of rotatable bonds is 4. The van der Waals surface area contributed by atoms with Crippen molar-refractivity contribution in [1.82, 2.24) is 4.90 Å². The summed E-state index contributed by atoms with van der Waals surface area (Å²) in [6, 6.07) is 7.55. The molecule has 0 aromatic heterocycles. The van der Waals surface area contributed by atoms with Crippen LogP contribution >= 0.6 is 0 Å². The molecule has 2 saturated heterocycles. The molecule has 0 saturated carbocycles. The van der Waals surface area contributed by atoms with Gasteiger partial charge in [-0.2, -0.15) is 0 Å². The molecule has 2 fully saturated rings. The summed E-state index contributed by atoms with van der Waals surface area (Å²) in [5.41, 5.74) is 0.306. The van der Waals surface area contributed by atoms with Crippen LogP contribution in [0.25, 0.3) is 0 Å². The van der Waals surface area contributed by atoms with Crippen molar-refractivity contribution in [1.29, 1.82) is 0 Å². The molecule has 6 nitrogen and oxygen atoms in total. The number of esters is 1. The maximum atomic E-state index is 13.1. The molecule has 2 bridgehead atoms. The highest BCUT2D eigenvalue weighted by Crippen LogP contribution is 2.53. The van der Waals surface area contributed by atoms with Gasteiger partial charge in [-0.1, -0.05) is 24.3 Å². The Bertz CT molecular complexity index is 743. The second-order valence-corrected chi connectivity index (χ2v) is 6.84. The molecule has 4 rings (SSSR count). The molecular weight excluding hydrogens is 322 g/mol. The summed E-state index contributed by atoms with van der Waals surface area (Å²) in [7, 11) is 2.97. The average molecular weight is 343 g/mol. The number of amides is 1. The number of nitrogens with zero attached hydrogens (tertiary/aromatic N) is 1. The lowest BCUT2D eigenvalue weighted by Crippen LogP contribution is -2.39. The zero-order valence-electron chi connectivity index (χ0n) is 14.5. The molecule has 25 heavy (non-hydrogen) atoms. The second-order valence-electron chi connectivity index (χ2n) is 6.84. The average Bonchev–Trinajstić information content (AvgIpc) is 3.29. The van der Waals surface area contributed by atoms with E-state index in [1.54, 1.807) is 12.0 Å². The summed E-state index contributed by atoms with van der Waals surface area (Å²) in [6.07, 6.45) is 3.47. The zero-order valence-corrected chi connectivity index (χ0v) is 14.5. The van der Waals surface area contributed by atoms with Gasteiger partial charge < -0.3 is 19.1 Å². The summed E-state index contributed by atoms with van der Waals surface area (Å²) in [5, 5.41) is 0. The first-order valence-corrected chi connectivity index (χ1v) is 8.40. The van der Waals surface area contributed by atoms with Gasteiger partial charge in [0.25, 0.3) is 0 Å². The minimum atomic E-state index is -0.707. The largest absolute Gasteiger partial charge is 0.497 e. The summed E-state index contributed by atoms with van der Waals surface area (Å²) >= 11 is 0. The van der Waals surface area contributed by atoms with E-state index in [2.05, 4.69) is 0 Å². The third-order valence-corrected chi connectivity index (χ3v) is 5.67. The first-order chi connectivity index (χ1) is 12.0. The van der Waals surface area contributed by atoms with Crippen molar-refractivity contribution in [2.75, 3.05) is 20.8 Å². The smallest absolute Gasteiger partial charge is 0.312 e. The van der Waals surface area contributed by atoms with Crippen molar-refractivity contribution in [3.63, 3.8) is 0 Å². The zero-order chi connectivity index (χ0) is 17.8. The quantitative estimate of drug-likeness (QED) is 0.615. The Morgan fingerprint density at radius 1 is 1.32 bits per heavy atom. The molecule has 0 N–H and O–H groups in total. The fourth-order valence-electron chi connectivity index (χ4n) is 4.32. The van der Waals surface area contributed by atoms with Crippen LogP contribution in [0.15, 0.2) is 36.4 Å². The molecule has 3 heterocycles. The van der Waals surface area contributed by atoms with Gasteiger partial charge in [0.1, 0.15) is 17.3 Å². The highest BCUT2D eigenvalue weighted by atomic mass is 16.5. The van der Waals surface area contributed by atoms with E-state index >= 15 is 0 Å². The number of carbonyl (C=O) groups is 2. The fourth-order valence-corrected chi connectivity index (χ4v) is 4.32. The molecule has 3 aliphatic heterocycles.